The maximum absolute atomic E-state index is 13.4. The Morgan fingerprint density at radius 3 is 2.32 bits per heavy atom. The van der Waals surface area contributed by atoms with Gasteiger partial charge in [-0.2, -0.15) is 0 Å². The third-order valence-electron chi connectivity index (χ3n) is 2.79. The van der Waals surface area contributed by atoms with Crippen LogP contribution < -0.4 is 5.32 Å². The van der Waals surface area contributed by atoms with E-state index in [0.717, 1.165) is 11.6 Å². The van der Waals surface area contributed by atoms with Gasteiger partial charge in [-0.1, -0.05) is 6.07 Å². The summed E-state index contributed by atoms with van der Waals surface area (Å²) in [6.07, 6.45) is 0. The van der Waals surface area contributed by atoms with Crippen LogP contribution in [-0.4, -0.2) is 0 Å². The summed E-state index contributed by atoms with van der Waals surface area (Å²) in [4.78, 5) is 0. The number of hydrogen-bond acceptors (Lipinski definition) is 1. The van der Waals surface area contributed by atoms with Gasteiger partial charge in [-0.15, -0.1) is 0 Å². The number of aryl methyl sites for hydroxylation is 1. The number of halogens is 4. The summed E-state index contributed by atoms with van der Waals surface area (Å²) < 4.78 is 52.2. The van der Waals surface area contributed by atoms with Gasteiger partial charge in [-0.05, 0) is 30.2 Å². The van der Waals surface area contributed by atoms with E-state index >= 15 is 0 Å². The Morgan fingerprint density at radius 1 is 0.895 bits per heavy atom. The SMILES string of the molecule is Cc1ccc(F)cc1CNc1cc(F)c(F)cc1F. The molecule has 0 unspecified atom stereocenters. The Balaban J connectivity index is 2.19. The van der Waals surface area contributed by atoms with E-state index in [4.69, 9.17) is 0 Å². The lowest BCUT2D eigenvalue weighted by Gasteiger charge is -2.10. The van der Waals surface area contributed by atoms with E-state index in [1.807, 2.05) is 0 Å². The van der Waals surface area contributed by atoms with Gasteiger partial charge in [0.1, 0.15) is 11.6 Å². The van der Waals surface area contributed by atoms with Crippen molar-refractivity contribution < 1.29 is 17.6 Å². The molecular weight excluding hydrogens is 258 g/mol. The van der Waals surface area contributed by atoms with Crippen molar-refractivity contribution in [2.24, 2.45) is 0 Å². The molecule has 5 heteroatoms. The minimum absolute atomic E-state index is 0.117. The third kappa shape index (κ3) is 3.05. The first-order valence-corrected chi connectivity index (χ1v) is 5.61. The van der Waals surface area contributed by atoms with Crippen molar-refractivity contribution in [3.8, 4) is 0 Å². The molecule has 0 saturated carbocycles. The molecule has 0 aliphatic rings. The Bertz CT molecular complexity index is 611. The first kappa shape index (κ1) is 13.4. The molecule has 0 fully saturated rings. The maximum Gasteiger partial charge on any atom is 0.161 e. The summed E-state index contributed by atoms with van der Waals surface area (Å²) in [6, 6.07) is 5.42. The van der Waals surface area contributed by atoms with Crippen LogP contribution in [0.15, 0.2) is 30.3 Å². The van der Waals surface area contributed by atoms with E-state index in [2.05, 4.69) is 5.32 Å². The van der Waals surface area contributed by atoms with Crippen LogP contribution in [0.2, 0.25) is 0 Å². The Morgan fingerprint density at radius 2 is 1.58 bits per heavy atom. The molecule has 1 nitrogen and oxygen atoms in total. The fraction of sp³-hybridized carbons (Fsp3) is 0.143. The number of rotatable bonds is 3. The zero-order valence-electron chi connectivity index (χ0n) is 10.1. The fourth-order valence-corrected chi connectivity index (χ4v) is 1.68. The van der Waals surface area contributed by atoms with E-state index in [-0.39, 0.29) is 12.2 Å². The van der Waals surface area contributed by atoms with E-state index in [1.54, 1.807) is 13.0 Å². The second kappa shape index (κ2) is 5.30. The summed E-state index contributed by atoms with van der Waals surface area (Å²) in [7, 11) is 0. The minimum atomic E-state index is -1.25. The molecule has 0 bridgehead atoms. The van der Waals surface area contributed by atoms with Crippen LogP contribution in [0, 0.1) is 30.2 Å². The molecule has 0 radical (unpaired) electrons. The number of anilines is 1. The van der Waals surface area contributed by atoms with E-state index in [9.17, 15) is 17.6 Å². The van der Waals surface area contributed by atoms with Gasteiger partial charge in [0.15, 0.2) is 11.6 Å². The second-order valence-electron chi connectivity index (χ2n) is 4.17. The highest BCUT2D eigenvalue weighted by Crippen LogP contribution is 2.20. The van der Waals surface area contributed by atoms with Crippen LogP contribution in [0.5, 0.6) is 0 Å². The molecule has 0 heterocycles. The monoisotopic (exact) mass is 269 g/mol. The molecule has 2 aromatic carbocycles. The summed E-state index contributed by atoms with van der Waals surface area (Å²) in [5.41, 5.74) is 1.27. The molecule has 0 atom stereocenters. The zero-order valence-corrected chi connectivity index (χ0v) is 10.1. The second-order valence-corrected chi connectivity index (χ2v) is 4.17. The van der Waals surface area contributed by atoms with Crippen molar-refractivity contribution in [3.63, 3.8) is 0 Å². The van der Waals surface area contributed by atoms with Crippen LogP contribution >= 0.6 is 0 Å². The Labute approximate surface area is 107 Å². The normalized spacial score (nSPS) is 10.6. The predicted octanol–water partition coefficient (Wildman–Crippen LogP) is 4.16. The van der Waals surface area contributed by atoms with Crippen molar-refractivity contribution in [1.82, 2.24) is 0 Å². The van der Waals surface area contributed by atoms with Gasteiger partial charge in [0.05, 0.1) is 5.69 Å². The molecule has 0 aromatic heterocycles. The molecule has 0 spiro atoms. The molecule has 2 aromatic rings. The molecule has 100 valence electrons. The average molecular weight is 269 g/mol. The zero-order chi connectivity index (χ0) is 14.0. The third-order valence-corrected chi connectivity index (χ3v) is 2.79. The van der Waals surface area contributed by atoms with Gasteiger partial charge in [-0.3, -0.25) is 0 Å². The van der Waals surface area contributed by atoms with Crippen LogP contribution in [0.4, 0.5) is 23.2 Å². The summed E-state index contributed by atoms with van der Waals surface area (Å²) in [5, 5.41) is 2.62. The predicted molar refractivity (Wildman–Crippen MR) is 64.8 cm³/mol. The fourth-order valence-electron chi connectivity index (χ4n) is 1.68. The van der Waals surface area contributed by atoms with E-state index < -0.39 is 23.3 Å². The van der Waals surface area contributed by atoms with E-state index in [0.29, 0.717) is 11.6 Å². The Kier molecular flexibility index (Phi) is 3.74. The topological polar surface area (TPSA) is 12.0 Å². The summed E-state index contributed by atoms with van der Waals surface area (Å²) in [5.74, 6) is -3.69. The standard InChI is InChI=1S/C14H11F4N/c1-8-2-3-10(15)4-9(8)7-19-14-6-12(17)11(16)5-13(14)18/h2-6,19H,7H2,1H3. The highest BCUT2D eigenvalue weighted by atomic mass is 19.2. The Hall–Kier alpha value is -2.04. The first-order valence-electron chi connectivity index (χ1n) is 5.61. The van der Waals surface area contributed by atoms with Crippen molar-refractivity contribution >= 4 is 5.69 Å². The first-order chi connectivity index (χ1) is 8.97. The maximum atomic E-state index is 13.4. The van der Waals surface area contributed by atoms with Crippen LogP contribution in [0.3, 0.4) is 0 Å². The van der Waals surface area contributed by atoms with Crippen molar-refractivity contribution in [3.05, 3.63) is 64.7 Å². The van der Waals surface area contributed by atoms with Gasteiger partial charge in [0.2, 0.25) is 0 Å². The van der Waals surface area contributed by atoms with Crippen LogP contribution in [0.25, 0.3) is 0 Å². The molecule has 2 rings (SSSR count). The largest absolute Gasteiger partial charge is 0.379 e. The molecule has 19 heavy (non-hydrogen) atoms. The molecule has 0 amide bonds. The molecule has 1 N–H and O–H groups in total. The van der Waals surface area contributed by atoms with Crippen LogP contribution in [-0.2, 0) is 6.54 Å². The average Bonchev–Trinajstić information content (AvgIpc) is 2.36. The van der Waals surface area contributed by atoms with Gasteiger partial charge >= 0.3 is 0 Å². The highest BCUT2D eigenvalue weighted by molar-refractivity contribution is 5.46. The van der Waals surface area contributed by atoms with Crippen LogP contribution in [0.1, 0.15) is 11.1 Å². The summed E-state index contributed by atoms with van der Waals surface area (Å²) >= 11 is 0. The molecule has 0 saturated heterocycles. The number of hydrogen-bond donors (Lipinski definition) is 1. The minimum Gasteiger partial charge on any atom is -0.379 e. The lowest BCUT2D eigenvalue weighted by atomic mass is 10.1. The van der Waals surface area contributed by atoms with Crippen molar-refractivity contribution in [1.29, 1.82) is 0 Å². The molecule has 0 aliphatic heterocycles. The quantitative estimate of drug-likeness (QED) is 0.651. The van der Waals surface area contributed by atoms with Gasteiger partial charge in [-0.25, -0.2) is 17.6 Å². The smallest absolute Gasteiger partial charge is 0.161 e. The molecular formula is C14H11F4N. The molecule has 0 aliphatic carbocycles. The lowest BCUT2D eigenvalue weighted by molar-refractivity contribution is 0.496. The number of benzene rings is 2. The highest BCUT2D eigenvalue weighted by Gasteiger charge is 2.10. The van der Waals surface area contributed by atoms with E-state index in [1.165, 1.54) is 12.1 Å². The lowest BCUT2D eigenvalue weighted by Crippen LogP contribution is -2.04. The van der Waals surface area contributed by atoms with Gasteiger partial charge in [0, 0.05) is 18.7 Å². The number of nitrogens with one attached hydrogen (secondary N) is 1. The van der Waals surface area contributed by atoms with Crippen molar-refractivity contribution in [2.75, 3.05) is 5.32 Å². The van der Waals surface area contributed by atoms with Gasteiger partial charge in [0.25, 0.3) is 0 Å². The van der Waals surface area contributed by atoms with Crippen molar-refractivity contribution in [2.45, 2.75) is 13.5 Å². The van der Waals surface area contributed by atoms with Gasteiger partial charge < -0.3 is 5.32 Å². The summed E-state index contributed by atoms with van der Waals surface area (Å²) in [6.45, 7) is 1.89.